The van der Waals surface area contributed by atoms with E-state index in [2.05, 4.69) is 25.3 Å². The van der Waals surface area contributed by atoms with Gasteiger partial charge in [0.15, 0.2) is 10.8 Å². The summed E-state index contributed by atoms with van der Waals surface area (Å²) >= 11 is 5.96. The third kappa shape index (κ3) is 2.66. The summed E-state index contributed by atoms with van der Waals surface area (Å²) in [6, 6.07) is 0. The minimum atomic E-state index is -0.183. The van der Waals surface area contributed by atoms with Gasteiger partial charge in [0.05, 0.1) is 18.9 Å². The zero-order chi connectivity index (χ0) is 13.2. The normalized spacial score (nSPS) is 18.9. The first kappa shape index (κ1) is 12.3. The van der Waals surface area contributed by atoms with Gasteiger partial charge in [-0.2, -0.15) is 9.97 Å². The highest BCUT2D eigenvalue weighted by Crippen LogP contribution is 2.19. The van der Waals surface area contributed by atoms with Crippen molar-refractivity contribution in [3.05, 3.63) is 11.5 Å². The molecule has 1 unspecified atom stereocenters. The summed E-state index contributed by atoms with van der Waals surface area (Å²) in [4.78, 5) is 26.7. The zero-order valence-electron chi connectivity index (χ0n) is 10.0. The molecule has 1 saturated heterocycles. The van der Waals surface area contributed by atoms with E-state index in [0.29, 0.717) is 17.6 Å². The molecule has 0 aromatic carbocycles. The third-order valence-corrected chi connectivity index (χ3v) is 3.20. The van der Waals surface area contributed by atoms with E-state index in [0.717, 1.165) is 19.4 Å². The van der Waals surface area contributed by atoms with Crippen molar-refractivity contribution in [2.75, 3.05) is 11.9 Å². The Bertz CT molecular complexity index is 608. The number of imidazole rings is 1. The molecule has 0 bridgehead atoms. The molecule has 3 heterocycles. The summed E-state index contributed by atoms with van der Waals surface area (Å²) in [5.74, 6) is -0.0227. The first-order chi connectivity index (χ1) is 9.22. The first-order valence-corrected chi connectivity index (χ1v) is 6.38. The molecule has 1 amide bonds. The largest absolute Gasteiger partial charge is 0.378 e. The molecule has 100 valence electrons. The highest BCUT2D eigenvalue weighted by atomic mass is 35.5. The van der Waals surface area contributed by atoms with E-state index < -0.39 is 0 Å². The van der Waals surface area contributed by atoms with Crippen molar-refractivity contribution in [3.8, 4) is 0 Å². The summed E-state index contributed by atoms with van der Waals surface area (Å²) < 4.78 is 5.40. The van der Waals surface area contributed by atoms with Gasteiger partial charge in [-0.3, -0.25) is 10.1 Å². The van der Waals surface area contributed by atoms with Crippen molar-refractivity contribution in [2.45, 2.75) is 25.4 Å². The number of fused-ring (bicyclic) bond motifs is 1. The number of nitrogens with one attached hydrogen (secondary N) is 2. The van der Waals surface area contributed by atoms with Gasteiger partial charge < -0.3 is 9.72 Å². The molecule has 0 aliphatic carbocycles. The number of hydrogen-bond acceptors (Lipinski definition) is 5. The minimum Gasteiger partial charge on any atom is -0.378 e. The molecule has 0 radical (unpaired) electrons. The van der Waals surface area contributed by atoms with Crippen molar-refractivity contribution in [2.24, 2.45) is 0 Å². The number of aromatic nitrogens is 4. The van der Waals surface area contributed by atoms with Crippen LogP contribution < -0.4 is 5.32 Å². The SMILES string of the molecule is O=C(CC1CCCO1)Nc1nc(Cl)c2[nH]cnc2n1. The van der Waals surface area contributed by atoms with Gasteiger partial charge in [-0.1, -0.05) is 11.6 Å². The van der Waals surface area contributed by atoms with Crippen molar-refractivity contribution in [3.63, 3.8) is 0 Å². The Morgan fingerprint density at radius 3 is 3.26 bits per heavy atom. The van der Waals surface area contributed by atoms with E-state index in [4.69, 9.17) is 16.3 Å². The number of H-pyrrole nitrogens is 1. The van der Waals surface area contributed by atoms with Crippen LogP contribution in [0.25, 0.3) is 11.2 Å². The van der Waals surface area contributed by atoms with Crippen LogP contribution in [0.1, 0.15) is 19.3 Å². The predicted octanol–water partition coefficient (Wildman–Crippen LogP) is 1.51. The Balaban J connectivity index is 1.71. The monoisotopic (exact) mass is 281 g/mol. The van der Waals surface area contributed by atoms with Gasteiger partial charge in [-0.15, -0.1) is 0 Å². The van der Waals surface area contributed by atoms with Crippen LogP contribution in [-0.4, -0.2) is 38.6 Å². The van der Waals surface area contributed by atoms with Crippen LogP contribution >= 0.6 is 11.6 Å². The average Bonchev–Trinajstić information content (AvgIpc) is 2.99. The number of amides is 1. The highest BCUT2D eigenvalue weighted by molar-refractivity contribution is 6.33. The summed E-state index contributed by atoms with van der Waals surface area (Å²) in [5, 5.41) is 2.84. The zero-order valence-corrected chi connectivity index (χ0v) is 10.8. The molecule has 2 aromatic rings. The molecule has 2 aromatic heterocycles. The van der Waals surface area contributed by atoms with Crippen molar-refractivity contribution >= 4 is 34.6 Å². The number of hydrogen-bond donors (Lipinski definition) is 2. The predicted molar refractivity (Wildman–Crippen MR) is 68.9 cm³/mol. The maximum atomic E-state index is 11.8. The van der Waals surface area contributed by atoms with Gasteiger partial charge in [0, 0.05) is 6.61 Å². The van der Waals surface area contributed by atoms with Gasteiger partial charge in [-0.25, -0.2) is 4.98 Å². The topological polar surface area (TPSA) is 92.8 Å². The van der Waals surface area contributed by atoms with Crippen LogP contribution in [0.4, 0.5) is 5.95 Å². The summed E-state index contributed by atoms with van der Waals surface area (Å²) in [6.07, 6.45) is 3.68. The lowest BCUT2D eigenvalue weighted by molar-refractivity contribution is -0.118. The number of carbonyl (C=O) groups excluding carboxylic acids is 1. The highest BCUT2D eigenvalue weighted by Gasteiger charge is 2.20. The summed E-state index contributed by atoms with van der Waals surface area (Å²) in [5.41, 5.74) is 0.978. The molecule has 0 spiro atoms. The molecule has 7 nitrogen and oxygen atoms in total. The Morgan fingerprint density at radius 1 is 1.58 bits per heavy atom. The number of nitrogens with zero attached hydrogens (tertiary/aromatic N) is 3. The van der Waals surface area contributed by atoms with Crippen LogP contribution in [0.3, 0.4) is 0 Å². The van der Waals surface area contributed by atoms with E-state index in [-0.39, 0.29) is 23.1 Å². The molecule has 1 aliphatic heterocycles. The Labute approximate surface area is 113 Å². The Hall–Kier alpha value is -1.73. The Kier molecular flexibility index (Phi) is 3.31. The maximum absolute atomic E-state index is 11.8. The van der Waals surface area contributed by atoms with Gasteiger partial charge in [0.2, 0.25) is 11.9 Å². The van der Waals surface area contributed by atoms with Crippen molar-refractivity contribution < 1.29 is 9.53 Å². The fraction of sp³-hybridized carbons (Fsp3) is 0.455. The number of rotatable bonds is 3. The molecule has 0 saturated carbocycles. The van der Waals surface area contributed by atoms with Crippen LogP contribution in [0, 0.1) is 0 Å². The van der Waals surface area contributed by atoms with E-state index >= 15 is 0 Å². The lowest BCUT2D eigenvalue weighted by atomic mass is 10.2. The van der Waals surface area contributed by atoms with Crippen molar-refractivity contribution in [1.82, 2.24) is 19.9 Å². The van der Waals surface area contributed by atoms with E-state index in [1.165, 1.54) is 6.33 Å². The fourth-order valence-corrected chi connectivity index (χ4v) is 2.26. The van der Waals surface area contributed by atoms with E-state index in [1.807, 2.05) is 0 Å². The number of aromatic amines is 1. The van der Waals surface area contributed by atoms with Crippen LogP contribution in [0.2, 0.25) is 5.15 Å². The van der Waals surface area contributed by atoms with E-state index in [9.17, 15) is 4.79 Å². The summed E-state index contributed by atoms with van der Waals surface area (Å²) in [6.45, 7) is 0.722. The molecular weight excluding hydrogens is 270 g/mol. The second-order valence-electron chi connectivity index (χ2n) is 4.33. The Morgan fingerprint density at radius 2 is 2.47 bits per heavy atom. The van der Waals surface area contributed by atoms with Gasteiger partial charge in [0.25, 0.3) is 0 Å². The van der Waals surface area contributed by atoms with E-state index in [1.54, 1.807) is 0 Å². The lowest BCUT2D eigenvalue weighted by Crippen LogP contribution is -2.20. The van der Waals surface area contributed by atoms with Gasteiger partial charge in [0.1, 0.15) is 5.52 Å². The molecule has 2 N–H and O–H groups in total. The average molecular weight is 282 g/mol. The minimum absolute atomic E-state index is 0.00964. The number of ether oxygens (including phenoxy) is 1. The van der Waals surface area contributed by atoms with Gasteiger partial charge in [-0.05, 0) is 12.8 Å². The summed E-state index contributed by atoms with van der Waals surface area (Å²) in [7, 11) is 0. The van der Waals surface area contributed by atoms with Gasteiger partial charge >= 0.3 is 0 Å². The number of halogens is 1. The molecule has 19 heavy (non-hydrogen) atoms. The molecule has 8 heteroatoms. The van der Waals surface area contributed by atoms with Crippen LogP contribution in [0.15, 0.2) is 6.33 Å². The lowest BCUT2D eigenvalue weighted by Gasteiger charge is -2.08. The fourth-order valence-electron chi connectivity index (χ4n) is 2.04. The standard InChI is InChI=1S/C11H12ClN5O2/c12-9-8-10(14-5-13-8)17-11(16-9)15-7(18)4-6-2-1-3-19-6/h5-6H,1-4H2,(H2,13,14,15,16,17,18). The first-order valence-electron chi connectivity index (χ1n) is 6.00. The second kappa shape index (κ2) is 5.10. The molecular formula is C11H12ClN5O2. The number of anilines is 1. The van der Waals surface area contributed by atoms with Crippen molar-refractivity contribution in [1.29, 1.82) is 0 Å². The third-order valence-electron chi connectivity index (χ3n) is 2.93. The quantitative estimate of drug-likeness (QED) is 0.832. The molecule has 1 aliphatic rings. The number of carbonyl (C=O) groups is 1. The smallest absolute Gasteiger partial charge is 0.233 e. The maximum Gasteiger partial charge on any atom is 0.233 e. The van der Waals surface area contributed by atoms with Crippen LogP contribution in [0.5, 0.6) is 0 Å². The molecule has 1 fully saturated rings. The van der Waals surface area contributed by atoms with Crippen LogP contribution in [-0.2, 0) is 9.53 Å². The molecule has 3 rings (SSSR count). The second-order valence-corrected chi connectivity index (χ2v) is 4.68. The molecule has 1 atom stereocenters.